The number of nitrogens with zero attached hydrogens (tertiary/aromatic N) is 4. The molecule has 0 aliphatic carbocycles. The molecule has 148 valence electrons. The highest BCUT2D eigenvalue weighted by Gasteiger charge is 2.26. The first-order chi connectivity index (χ1) is 13.2. The number of rotatable bonds is 5. The van der Waals surface area contributed by atoms with E-state index in [9.17, 15) is 0 Å². The van der Waals surface area contributed by atoms with Crippen LogP contribution in [0.1, 0.15) is 23.0 Å². The second kappa shape index (κ2) is 9.19. The molecule has 6 nitrogen and oxygen atoms in total. The summed E-state index contributed by atoms with van der Waals surface area (Å²) in [4.78, 5) is 11.2. The van der Waals surface area contributed by atoms with Gasteiger partial charge in [-0.15, -0.1) is 12.4 Å². The van der Waals surface area contributed by atoms with E-state index in [2.05, 4.69) is 56.9 Å². The smallest absolute Gasteiger partial charge is 0.145 e. The van der Waals surface area contributed by atoms with E-state index in [1.807, 2.05) is 24.5 Å². The molecule has 0 radical (unpaired) electrons. The molecule has 0 amide bonds. The number of aryl methyl sites for hydroxylation is 2. The molecule has 1 aliphatic rings. The average molecular weight is 400 g/mol. The van der Waals surface area contributed by atoms with Crippen LogP contribution in [0.2, 0.25) is 0 Å². The zero-order chi connectivity index (χ0) is 18.6. The van der Waals surface area contributed by atoms with Crippen LogP contribution < -0.4 is 10.1 Å². The van der Waals surface area contributed by atoms with Crippen molar-refractivity contribution < 1.29 is 4.74 Å². The van der Waals surface area contributed by atoms with Crippen molar-refractivity contribution in [3.63, 3.8) is 0 Å². The normalized spacial score (nSPS) is 17.1. The molecule has 1 fully saturated rings. The van der Waals surface area contributed by atoms with Gasteiger partial charge in [0.1, 0.15) is 17.3 Å². The Morgan fingerprint density at radius 3 is 2.86 bits per heavy atom. The number of pyridine rings is 1. The molecule has 1 aliphatic heterocycles. The predicted molar refractivity (Wildman–Crippen MR) is 112 cm³/mol. The van der Waals surface area contributed by atoms with E-state index in [1.54, 1.807) is 12.4 Å². The molecule has 7 heteroatoms. The molecule has 1 atom stereocenters. The lowest BCUT2D eigenvalue weighted by atomic mass is 10.1. The minimum atomic E-state index is 0. The van der Waals surface area contributed by atoms with Crippen molar-refractivity contribution in [3.05, 3.63) is 72.1 Å². The Labute approximate surface area is 172 Å². The van der Waals surface area contributed by atoms with Gasteiger partial charge in [-0.1, -0.05) is 12.1 Å². The Bertz CT molecular complexity index is 899. The van der Waals surface area contributed by atoms with Gasteiger partial charge >= 0.3 is 0 Å². The van der Waals surface area contributed by atoms with Gasteiger partial charge in [0.25, 0.3) is 0 Å². The van der Waals surface area contributed by atoms with Crippen LogP contribution in [0.15, 0.2) is 55.1 Å². The lowest BCUT2D eigenvalue weighted by molar-refractivity contribution is 0.144. The standard InChI is InChI=1S/C21H25N5O.ClH/c1-16-12-17(5-6-20(16)27-18-4-3-7-22-13-18)15-26-11-8-23-14-19(26)21-24-9-10-25(21)2;/h3-7,9-10,12-13,19,23H,8,11,14-15H2,1-2H3;1H. The molecule has 0 spiro atoms. The fourth-order valence-corrected chi connectivity index (χ4v) is 3.58. The number of benzene rings is 1. The summed E-state index contributed by atoms with van der Waals surface area (Å²) in [5, 5.41) is 3.49. The van der Waals surface area contributed by atoms with Gasteiger partial charge in [0, 0.05) is 51.8 Å². The van der Waals surface area contributed by atoms with E-state index in [1.165, 1.54) is 5.56 Å². The Kier molecular flexibility index (Phi) is 6.67. The third-order valence-corrected chi connectivity index (χ3v) is 5.00. The monoisotopic (exact) mass is 399 g/mol. The molecule has 1 N–H and O–H groups in total. The number of aromatic nitrogens is 3. The second-order valence-electron chi connectivity index (χ2n) is 6.98. The zero-order valence-electron chi connectivity index (χ0n) is 16.2. The van der Waals surface area contributed by atoms with Gasteiger partial charge in [-0.3, -0.25) is 9.88 Å². The minimum Gasteiger partial charge on any atom is -0.455 e. The Balaban J connectivity index is 0.00000225. The zero-order valence-corrected chi connectivity index (χ0v) is 17.0. The van der Waals surface area contributed by atoms with Crippen LogP contribution in [-0.4, -0.2) is 39.1 Å². The highest BCUT2D eigenvalue weighted by molar-refractivity contribution is 5.85. The fourth-order valence-electron chi connectivity index (χ4n) is 3.58. The largest absolute Gasteiger partial charge is 0.455 e. The van der Waals surface area contributed by atoms with Crippen molar-refractivity contribution in [2.75, 3.05) is 19.6 Å². The van der Waals surface area contributed by atoms with E-state index >= 15 is 0 Å². The molecule has 1 unspecified atom stereocenters. The lowest BCUT2D eigenvalue weighted by Gasteiger charge is -2.35. The third-order valence-electron chi connectivity index (χ3n) is 5.00. The van der Waals surface area contributed by atoms with Gasteiger partial charge in [0.2, 0.25) is 0 Å². The molecule has 1 saturated heterocycles. The van der Waals surface area contributed by atoms with E-state index in [4.69, 9.17) is 4.74 Å². The van der Waals surface area contributed by atoms with Gasteiger partial charge in [0.05, 0.1) is 12.2 Å². The highest BCUT2D eigenvalue weighted by atomic mass is 35.5. The fraction of sp³-hybridized carbons (Fsp3) is 0.333. The Hall–Kier alpha value is -2.41. The van der Waals surface area contributed by atoms with Crippen molar-refractivity contribution in [2.45, 2.75) is 19.5 Å². The average Bonchev–Trinajstić information content (AvgIpc) is 3.11. The first-order valence-corrected chi connectivity index (χ1v) is 9.30. The number of hydrogen-bond acceptors (Lipinski definition) is 5. The van der Waals surface area contributed by atoms with Gasteiger partial charge in [-0.05, 0) is 36.2 Å². The quantitative estimate of drug-likeness (QED) is 0.711. The van der Waals surface area contributed by atoms with Crippen LogP contribution in [0.4, 0.5) is 0 Å². The summed E-state index contributed by atoms with van der Waals surface area (Å²) in [6.07, 6.45) is 7.35. The molecule has 3 heterocycles. The maximum Gasteiger partial charge on any atom is 0.145 e. The number of piperazine rings is 1. The van der Waals surface area contributed by atoms with Crippen molar-refractivity contribution in [3.8, 4) is 11.5 Å². The second-order valence-corrected chi connectivity index (χ2v) is 6.98. The molecular weight excluding hydrogens is 374 g/mol. The summed E-state index contributed by atoms with van der Waals surface area (Å²) < 4.78 is 8.06. The van der Waals surface area contributed by atoms with Crippen molar-refractivity contribution in [2.24, 2.45) is 7.05 Å². The Morgan fingerprint density at radius 1 is 1.25 bits per heavy atom. The number of ether oxygens (including phenoxy) is 1. The maximum atomic E-state index is 5.95. The van der Waals surface area contributed by atoms with Gasteiger partial charge < -0.3 is 14.6 Å². The summed E-state index contributed by atoms with van der Waals surface area (Å²) in [5.74, 6) is 2.73. The van der Waals surface area contributed by atoms with Crippen molar-refractivity contribution in [1.82, 2.24) is 24.8 Å². The summed E-state index contributed by atoms with van der Waals surface area (Å²) >= 11 is 0. The summed E-state index contributed by atoms with van der Waals surface area (Å²) in [6.45, 7) is 5.91. The molecule has 0 saturated carbocycles. The van der Waals surface area contributed by atoms with Crippen molar-refractivity contribution >= 4 is 12.4 Å². The number of hydrogen-bond donors (Lipinski definition) is 1. The molecule has 28 heavy (non-hydrogen) atoms. The summed E-state index contributed by atoms with van der Waals surface area (Å²) in [5.41, 5.74) is 2.41. The molecular formula is C21H26ClN5O. The number of imidazole rings is 1. The molecule has 4 rings (SSSR count). The Morgan fingerprint density at radius 2 is 2.14 bits per heavy atom. The van der Waals surface area contributed by atoms with Gasteiger partial charge in [-0.2, -0.15) is 0 Å². The van der Waals surface area contributed by atoms with E-state index < -0.39 is 0 Å². The summed E-state index contributed by atoms with van der Waals surface area (Å²) in [6, 6.07) is 10.5. The molecule has 3 aromatic rings. The first kappa shape index (κ1) is 20.3. The number of nitrogens with one attached hydrogen (secondary N) is 1. The predicted octanol–water partition coefficient (Wildman–Crippen LogP) is 3.48. The maximum absolute atomic E-state index is 5.95. The topological polar surface area (TPSA) is 55.2 Å². The molecule has 2 aromatic heterocycles. The molecule has 0 bridgehead atoms. The van der Waals surface area contributed by atoms with E-state index in [0.29, 0.717) is 0 Å². The SMILES string of the molecule is Cc1cc(CN2CCNCC2c2nccn2C)ccc1Oc1cccnc1.Cl. The molecule has 1 aromatic carbocycles. The number of halogens is 1. The van der Waals surface area contributed by atoms with Crippen LogP contribution in [0, 0.1) is 6.92 Å². The van der Waals surface area contributed by atoms with Crippen molar-refractivity contribution in [1.29, 1.82) is 0 Å². The lowest BCUT2D eigenvalue weighted by Crippen LogP contribution is -2.46. The van der Waals surface area contributed by atoms with Crippen LogP contribution in [-0.2, 0) is 13.6 Å². The van der Waals surface area contributed by atoms with Crippen LogP contribution in [0.25, 0.3) is 0 Å². The summed E-state index contributed by atoms with van der Waals surface area (Å²) in [7, 11) is 2.06. The van der Waals surface area contributed by atoms with Crippen LogP contribution in [0.3, 0.4) is 0 Å². The van der Waals surface area contributed by atoms with Gasteiger partial charge in [-0.25, -0.2) is 4.98 Å². The van der Waals surface area contributed by atoms with Crippen LogP contribution in [0.5, 0.6) is 11.5 Å². The van der Waals surface area contributed by atoms with Crippen LogP contribution >= 0.6 is 12.4 Å². The minimum absolute atomic E-state index is 0. The van der Waals surface area contributed by atoms with Gasteiger partial charge in [0.15, 0.2) is 0 Å². The highest BCUT2D eigenvalue weighted by Crippen LogP contribution is 2.27. The first-order valence-electron chi connectivity index (χ1n) is 9.30. The third kappa shape index (κ3) is 4.52. The van der Waals surface area contributed by atoms with E-state index in [-0.39, 0.29) is 18.4 Å². The van der Waals surface area contributed by atoms with E-state index in [0.717, 1.165) is 49.1 Å².